The van der Waals surface area contributed by atoms with Gasteiger partial charge in [-0.05, 0) is 48.4 Å². The first kappa shape index (κ1) is 22.0. The molecule has 0 spiro atoms. The highest BCUT2D eigenvalue weighted by atomic mass is 35.5. The number of carbonyl (C=O) groups is 1. The van der Waals surface area contributed by atoms with Crippen LogP contribution in [0.3, 0.4) is 0 Å². The van der Waals surface area contributed by atoms with E-state index in [0.717, 1.165) is 21.5 Å². The molecule has 0 radical (unpaired) electrons. The highest BCUT2D eigenvalue weighted by Crippen LogP contribution is 2.29. The third kappa shape index (κ3) is 4.83. The summed E-state index contributed by atoms with van der Waals surface area (Å²) >= 11 is 7.13. The molecule has 32 heavy (non-hydrogen) atoms. The van der Waals surface area contributed by atoms with Crippen molar-refractivity contribution < 1.29 is 13.2 Å². The zero-order valence-corrected chi connectivity index (χ0v) is 19.3. The second-order valence-corrected chi connectivity index (χ2v) is 10.4. The van der Waals surface area contributed by atoms with E-state index in [4.69, 9.17) is 16.9 Å². The number of amides is 1. The number of nitrogens with one attached hydrogen (secondary N) is 1. The standard InChI is InChI=1S/C22H17ClN4O3S2/c1-14-19-10-20(31-22(19)27(25-14)12-16-6-8-18(23)9-7-16)21(28)26-32(29,30)13-17-4-2-15(11-24)3-5-17/h2-10H,12-13H2,1H3,(H,26,28). The van der Waals surface area contributed by atoms with Crippen LogP contribution in [0.1, 0.15) is 32.1 Å². The molecule has 0 bridgehead atoms. The van der Waals surface area contributed by atoms with Crippen LogP contribution < -0.4 is 4.72 Å². The van der Waals surface area contributed by atoms with Crippen molar-refractivity contribution in [3.8, 4) is 6.07 Å². The molecule has 0 unspecified atom stereocenters. The van der Waals surface area contributed by atoms with E-state index in [1.165, 1.54) is 23.5 Å². The van der Waals surface area contributed by atoms with Crippen LogP contribution in [0.4, 0.5) is 0 Å². The Labute approximate surface area is 193 Å². The Morgan fingerprint density at radius 1 is 1.16 bits per heavy atom. The number of rotatable bonds is 6. The number of aromatic nitrogens is 2. The van der Waals surface area contributed by atoms with Gasteiger partial charge < -0.3 is 0 Å². The Morgan fingerprint density at radius 2 is 1.81 bits per heavy atom. The monoisotopic (exact) mass is 484 g/mol. The maximum absolute atomic E-state index is 12.7. The number of hydrogen-bond donors (Lipinski definition) is 1. The lowest BCUT2D eigenvalue weighted by Gasteiger charge is -2.06. The zero-order chi connectivity index (χ0) is 22.9. The minimum absolute atomic E-state index is 0.286. The molecule has 4 aromatic rings. The van der Waals surface area contributed by atoms with Gasteiger partial charge in [-0.2, -0.15) is 10.4 Å². The van der Waals surface area contributed by atoms with E-state index in [0.29, 0.717) is 22.7 Å². The molecular formula is C22H17ClN4O3S2. The first-order chi connectivity index (χ1) is 15.2. The molecule has 0 saturated carbocycles. The number of sulfonamides is 1. The van der Waals surface area contributed by atoms with Crippen LogP contribution in [-0.2, 0) is 22.3 Å². The van der Waals surface area contributed by atoms with Gasteiger partial charge in [0.15, 0.2) is 0 Å². The van der Waals surface area contributed by atoms with Crippen LogP contribution in [0.25, 0.3) is 10.2 Å². The lowest BCUT2D eigenvalue weighted by molar-refractivity contribution is 0.0985. The number of nitrogens with zero attached hydrogens (tertiary/aromatic N) is 3. The fourth-order valence-electron chi connectivity index (χ4n) is 3.22. The molecule has 0 aliphatic carbocycles. The van der Waals surface area contributed by atoms with E-state index in [2.05, 4.69) is 9.82 Å². The molecule has 2 aromatic carbocycles. The third-order valence-electron chi connectivity index (χ3n) is 4.76. The zero-order valence-electron chi connectivity index (χ0n) is 16.9. The molecule has 7 nitrogen and oxygen atoms in total. The molecule has 2 heterocycles. The summed E-state index contributed by atoms with van der Waals surface area (Å²) in [6.45, 7) is 2.34. The van der Waals surface area contributed by atoms with Gasteiger partial charge in [0, 0.05) is 10.4 Å². The Balaban J connectivity index is 1.53. The third-order valence-corrected chi connectivity index (χ3v) is 7.37. The van der Waals surface area contributed by atoms with Crippen molar-refractivity contribution in [1.82, 2.24) is 14.5 Å². The number of halogens is 1. The van der Waals surface area contributed by atoms with Gasteiger partial charge >= 0.3 is 0 Å². The van der Waals surface area contributed by atoms with Crippen LogP contribution in [0.15, 0.2) is 54.6 Å². The maximum Gasteiger partial charge on any atom is 0.274 e. The molecule has 1 N–H and O–H groups in total. The Hall–Kier alpha value is -3.19. The van der Waals surface area contributed by atoms with E-state index in [1.54, 1.807) is 35.0 Å². The lowest BCUT2D eigenvalue weighted by atomic mass is 10.2. The Kier molecular flexibility index (Phi) is 6.02. The van der Waals surface area contributed by atoms with Gasteiger partial charge in [-0.25, -0.2) is 13.1 Å². The lowest BCUT2D eigenvalue weighted by Crippen LogP contribution is -2.31. The number of hydrogen-bond acceptors (Lipinski definition) is 6. The molecule has 4 rings (SSSR count). The summed E-state index contributed by atoms with van der Waals surface area (Å²) in [6, 6.07) is 17.2. The second-order valence-electron chi connectivity index (χ2n) is 7.20. The van der Waals surface area contributed by atoms with Gasteiger partial charge in [-0.15, -0.1) is 11.3 Å². The molecule has 0 aliphatic heterocycles. The summed E-state index contributed by atoms with van der Waals surface area (Å²) < 4.78 is 28.9. The van der Waals surface area contributed by atoms with Gasteiger partial charge in [-0.1, -0.05) is 35.9 Å². The summed E-state index contributed by atoms with van der Waals surface area (Å²) in [5, 5.41) is 14.8. The van der Waals surface area contributed by atoms with E-state index in [-0.39, 0.29) is 10.6 Å². The predicted octanol–water partition coefficient (Wildman–Crippen LogP) is 4.24. The number of benzene rings is 2. The number of thiophene rings is 1. The quantitative estimate of drug-likeness (QED) is 0.440. The van der Waals surface area contributed by atoms with Crippen LogP contribution in [0.2, 0.25) is 5.02 Å². The van der Waals surface area contributed by atoms with Gasteiger partial charge in [-0.3, -0.25) is 9.48 Å². The summed E-state index contributed by atoms with van der Waals surface area (Å²) in [4.78, 5) is 13.7. The van der Waals surface area contributed by atoms with Crippen LogP contribution in [-0.4, -0.2) is 24.1 Å². The number of aryl methyl sites for hydroxylation is 1. The minimum atomic E-state index is -3.91. The topological polar surface area (TPSA) is 105 Å². The van der Waals surface area contributed by atoms with Gasteiger partial charge in [0.2, 0.25) is 10.0 Å². The normalized spacial score (nSPS) is 11.4. The Bertz CT molecular complexity index is 1450. The van der Waals surface area contributed by atoms with Gasteiger partial charge in [0.25, 0.3) is 5.91 Å². The number of nitriles is 1. The van der Waals surface area contributed by atoms with Crippen LogP contribution >= 0.6 is 22.9 Å². The maximum atomic E-state index is 12.7. The van der Waals surface area contributed by atoms with Crippen molar-refractivity contribution in [3.05, 3.63) is 86.9 Å². The van der Waals surface area contributed by atoms with Gasteiger partial charge in [0.05, 0.1) is 34.5 Å². The summed E-state index contributed by atoms with van der Waals surface area (Å²) in [5.41, 5.74) is 2.67. The molecule has 0 aliphatic rings. The highest BCUT2D eigenvalue weighted by Gasteiger charge is 2.21. The van der Waals surface area contributed by atoms with E-state index in [9.17, 15) is 13.2 Å². The van der Waals surface area contributed by atoms with Crippen molar-refractivity contribution in [3.63, 3.8) is 0 Å². The second kappa shape index (κ2) is 8.74. The van der Waals surface area contributed by atoms with E-state index in [1.807, 2.05) is 25.1 Å². The van der Waals surface area contributed by atoms with Crippen LogP contribution in [0, 0.1) is 18.3 Å². The SMILES string of the molecule is Cc1nn(Cc2ccc(Cl)cc2)c2sc(C(=O)NS(=O)(=O)Cc3ccc(C#N)cc3)cc12. The van der Waals surface area contributed by atoms with Crippen molar-refractivity contribution >= 4 is 49.1 Å². The Morgan fingerprint density at radius 3 is 2.47 bits per heavy atom. The molecule has 2 aromatic heterocycles. The summed E-state index contributed by atoms with van der Waals surface area (Å²) in [7, 11) is -3.91. The predicted molar refractivity (Wildman–Crippen MR) is 124 cm³/mol. The highest BCUT2D eigenvalue weighted by molar-refractivity contribution is 7.89. The van der Waals surface area contributed by atoms with Gasteiger partial charge in [0.1, 0.15) is 4.83 Å². The fourth-order valence-corrected chi connectivity index (χ4v) is 5.56. The largest absolute Gasteiger partial charge is 0.274 e. The number of fused-ring (bicyclic) bond motifs is 1. The average Bonchev–Trinajstić information content (AvgIpc) is 3.31. The van der Waals surface area contributed by atoms with Crippen LogP contribution in [0.5, 0.6) is 0 Å². The van der Waals surface area contributed by atoms with E-state index >= 15 is 0 Å². The fraction of sp³-hybridized carbons (Fsp3) is 0.136. The number of carbonyl (C=O) groups excluding carboxylic acids is 1. The smallest absolute Gasteiger partial charge is 0.267 e. The summed E-state index contributed by atoms with van der Waals surface area (Å²) in [5.74, 6) is -1.05. The van der Waals surface area contributed by atoms with E-state index < -0.39 is 15.9 Å². The van der Waals surface area contributed by atoms with Crippen molar-refractivity contribution in [2.24, 2.45) is 0 Å². The molecular weight excluding hydrogens is 468 g/mol. The molecule has 0 saturated heterocycles. The molecule has 0 atom stereocenters. The molecule has 10 heteroatoms. The molecule has 162 valence electrons. The first-order valence-corrected chi connectivity index (χ1v) is 12.3. The first-order valence-electron chi connectivity index (χ1n) is 9.49. The average molecular weight is 485 g/mol. The summed E-state index contributed by atoms with van der Waals surface area (Å²) in [6.07, 6.45) is 0. The molecule has 0 fully saturated rings. The van der Waals surface area contributed by atoms with Crippen molar-refractivity contribution in [2.75, 3.05) is 0 Å². The van der Waals surface area contributed by atoms with Crippen molar-refractivity contribution in [2.45, 2.75) is 19.2 Å². The molecule has 1 amide bonds. The van der Waals surface area contributed by atoms with Crippen molar-refractivity contribution in [1.29, 1.82) is 5.26 Å². The minimum Gasteiger partial charge on any atom is -0.267 e.